The van der Waals surface area contributed by atoms with Gasteiger partial charge in [0, 0.05) is 23.2 Å². The summed E-state index contributed by atoms with van der Waals surface area (Å²) in [7, 11) is 0. The van der Waals surface area contributed by atoms with Gasteiger partial charge in [0.1, 0.15) is 11.5 Å². The molecule has 4 rings (SSSR count). The second-order valence-electron chi connectivity index (χ2n) is 6.42. The monoisotopic (exact) mass is 423 g/mol. The zero-order valence-electron chi connectivity index (χ0n) is 15.3. The van der Waals surface area contributed by atoms with Gasteiger partial charge in [-0.25, -0.2) is 10.0 Å². The Morgan fingerprint density at radius 1 is 1.10 bits per heavy atom. The highest BCUT2D eigenvalue weighted by molar-refractivity contribution is 6.30. The van der Waals surface area contributed by atoms with Crippen LogP contribution in [-0.4, -0.2) is 17.0 Å². The van der Waals surface area contributed by atoms with E-state index in [1.54, 1.807) is 30.3 Å². The number of quaternary nitrogens is 1. The van der Waals surface area contributed by atoms with Gasteiger partial charge in [0.25, 0.3) is 0 Å². The van der Waals surface area contributed by atoms with Crippen LogP contribution in [0.5, 0.6) is 11.5 Å². The molecular formula is C22H14ClNO6. The fourth-order valence-electron chi connectivity index (χ4n) is 2.89. The molecule has 150 valence electrons. The summed E-state index contributed by atoms with van der Waals surface area (Å²) < 4.78 is 10.9. The second-order valence-corrected chi connectivity index (χ2v) is 6.86. The minimum absolute atomic E-state index is 0.0238. The summed E-state index contributed by atoms with van der Waals surface area (Å²) in [5.74, 6) is -0.430. The lowest BCUT2D eigenvalue weighted by Gasteiger charge is -2.12. The van der Waals surface area contributed by atoms with Gasteiger partial charge in [-0.2, -0.15) is 5.23 Å². The van der Waals surface area contributed by atoms with Crippen LogP contribution in [0, 0.1) is 5.21 Å². The first-order valence-electron chi connectivity index (χ1n) is 8.80. The number of esters is 1. The van der Waals surface area contributed by atoms with Crippen LogP contribution in [-0.2, 0) is 0 Å². The summed E-state index contributed by atoms with van der Waals surface area (Å²) in [4.78, 5) is 24.9. The summed E-state index contributed by atoms with van der Waals surface area (Å²) in [6.07, 6.45) is 1.60. The van der Waals surface area contributed by atoms with Gasteiger partial charge in [-0.05, 0) is 42.0 Å². The molecule has 0 saturated carbocycles. The molecule has 1 aliphatic rings. The number of ketones is 1. The van der Waals surface area contributed by atoms with Gasteiger partial charge in [-0.3, -0.25) is 4.79 Å². The molecule has 1 heterocycles. The van der Waals surface area contributed by atoms with Crippen LogP contribution in [0.25, 0.3) is 6.08 Å². The number of fused-ring (bicyclic) bond motifs is 1. The largest absolute Gasteiger partial charge is 0.595 e. The Bertz CT molecular complexity index is 1170. The molecule has 3 aromatic rings. The summed E-state index contributed by atoms with van der Waals surface area (Å²) in [5, 5.41) is 19.5. The van der Waals surface area contributed by atoms with Crippen molar-refractivity contribution in [1.82, 2.24) is 0 Å². The number of hydrogen-bond acceptors (Lipinski definition) is 6. The molecular weight excluding hydrogens is 410 g/mol. The van der Waals surface area contributed by atoms with Crippen molar-refractivity contribution < 1.29 is 29.5 Å². The SMILES string of the molecule is O=C(Oc1ccc2c(c1)OC(=Cc1ccc(Cl)cc1)C2=O)c1cccc([NH+]([O-])O)c1. The molecule has 1 atom stereocenters. The van der Waals surface area contributed by atoms with E-state index < -0.39 is 11.2 Å². The highest BCUT2D eigenvalue weighted by Gasteiger charge is 2.28. The standard InChI is InChI=1S/C22H14ClNO6/c23-15-6-4-13(5-7-15)10-20-21(25)18-9-8-17(12-19(18)30-20)29-22(26)14-2-1-3-16(11-14)24(27)28/h1-12,24,27H. The van der Waals surface area contributed by atoms with Gasteiger partial charge in [0.2, 0.25) is 5.78 Å². The maximum absolute atomic E-state index is 12.5. The second kappa shape index (κ2) is 8.10. The number of carbonyl (C=O) groups is 2. The van der Waals surface area contributed by atoms with Gasteiger partial charge in [0.05, 0.1) is 11.1 Å². The van der Waals surface area contributed by atoms with Crippen molar-refractivity contribution in [3.05, 3.63) is 99.4 Å². The Balaban J connectivity index is 1.53. The first-order chi connectivity index (χ1) is 14.4. The van der Waals surface area contributed by atoms with Crippen molar-refractivity contribution in [3.8, 4) is 11.5 Å². The Kier molecular flexibility index (Phi) is 5.35. The molecule has 1 aliphatic heterocycles. The maximum atomic E-state index is 12.5. The Labute approximate surface area is 175 Å². The molecule has 0 fully saturated rings. The van der Waals surface area contributed by atoms with Gasteiger partial charge >= 0.3 is 5.97 Å². The predicted molar refractivity (Wildman–Crippen MR) is 108 cm³/mol. The van der Waals surface area contributed by atoms with Crippen LogP contribution >= 0.6 is 11.6 Å². The molecule has 2 N–H and O–H groups in total. The normalized spacial score (nSPS) is 14.9. The third kappa shape index (κ3) is 4.10. The van der Waals surface area contributed by atoms with E-state index in [0.29, 0.717) is 10.6 Å². The topological polar surface area (TPSA) is 100 Å². The van der Waals surface area contributed by atoms with Gasteiger partial charge in [-0.15, -0.1) is 0 Å². The number of nitrogens with one attached hydrogen (secondary N) is 1. The van der Waals surface area contributed by atoms with E-state index in [1.165, 1.54) is 42.5 Å². The lowest BCUT2D eigenvalue weighted by Crippen LogP contribution is -2.99. The number of rotatable bonds is 4. The van der Waals surface area contributed by atoms with E-state index >= 15 is 0 Å². The van der Waals surface area contributed by atoms with E-state index in [-0.39, 0.29) is 34.3 Å². The van der Waals surface area contributed by atoms with E-state index in [4.69, 9.17) is 26.3 Å². The van der Waals surface area contributed by atoms with Crippen molar-refractivity contribution in [3.63, 3.8) is 0 Å². The summed E-state index contributed by atoms with van der Waals surface area (Å²) >= 11 is 5.87. The van der Waals surface area contributed by atoms with Crippen LogP contribution in [0.1, 0.15) is 26.3 Å². The Hall–Kier alpha value is -3.49. The van der Waals surface area contributed by atoms with Gasteiger partial charge in [-0.1, -0.05) is 29.8 Å². The third-order valence-corrected chi connectivity index (χ3v) is 4.62. The van der Waals surface area contributed by atoms with Crippen molar-refractivity contribution in [2.45, 2.75) is 0 Å². The van der Waals surface area contributed by atoms with Crippen LogP contribution in [0.15, 0.2) is 72.5 Å². The van der Waals surface area contributed by atoms with E-state index in [0.717, 1.165) is 5.56 Å². The molecule has 0 aromatic heterocycles. The predicted octanol–water partition coefficient (Wildman–Crippen LogP) is 3.58. The highest BCUT2D eigenvalue weighted by atomic mass is 35.5. The van der Waals surface area contributed by atoms with E-state index in [9.17, 15) is 14.8 Å². The maximum Gasteiger partial charge on any atom is 0.343 e. The van der Waals surface area contributed by atoms with Crippen molar-refractivity contribution in [1.29, 1.82) is 0 Å². The number of hydrogen-bond donors (Lipinski definition) is 2. The minimum Gasteiger partial charge on any atom is -0.595 e. The number of ether oxygens (including phenoxy) is 2. The first kappa shape index (κ1) is 19.8. The Morgan fingerprint density at radius 3 is 2.60 bits per heavy atom. The van der Waals surface area contributed by atoms with Gasteiger partial charge in [0.15, 0.2) is 11.4 Å². The van der Waals surface area contributed by atoms with E-state index in [1.807, 2.05) is 0 Å². The summed E-state index contributed by atoms with van der Waals surface area (Å²) in [6.45, 7) is 0. The van der Waals surface area contributed by atoms with Gasteiger partial charge < -0.3 is 14.7 Å². The number of carbonyl (C=O) groups excluding carboxylic acids is 2. The molecule has 0 spiro atoms. The average Bonchev–Trinajstić information content (AvgIpc) is 3.04. The fraction of sp³-hybridized carbons (Fsp3) is 0. The van der Waals surface area contributed by atoms with Crippen molar-refractivity contribution in [2.75, 3.05) is 0 Å². The number of halogens is 1. The molecule has 0 bridgehead atoms. The minimum atomic E-state index is -1.14. The third-order valence-electron chi connectivity index (χ3n) is 4.36. The molecule has 1 unspecified atom stereocenters. The quantitative estimate of drug-likeness (QED) is 0.288. The van der Waals surface area contributed by atoms with E-state index in [2.05, 4.69) is 0 Å². The first-order valence-corrected chi connectivity index (χ1v) is 9.18. The molecule has 3 aromatic carbocycles. The molecule has 0 radical (unpaired) electrons. The molecule has 0 saturated heterocycles. The average molecular weight is 424 g/mol. The number of allylic oxidation sites excluding steroid dienone is 1. The van der Waals surface area contributed by atoms with Crippen molar-refractivity contribution in [2.24, 2.45) is 0 Å². The lowest BCUT2D eigenvalue weighted by atomic mass is 10.1. The zero-order valence-corrected chi connectivity index (χ0v) is 16.1. The molecule has 8 heteroatoms. The highest BCUT2D eigenvalue weighted by Crippen LogP contribution is 2.35. The van der Waals surface area contributed by atoms with Crippen LogP contribution in [0.4, 0.5) is 5.69 Å². The zero-order chi connectivity index (χ0) is 21.3. The van der Waals surface area contributed by atoms with Crippen LogP contribution < -0.4 is 14.7 Å². The molecule has 0 aliphatic carbocycles. The number of Topliss-reactive ketones (excluding diaryl/α,β-unsaturated/α-hetero) is 1. The van der Waals surface area contributed by atoms with Crippen LogP contribution in [0.3, 0.4) is 0 Å². The van der Waals surface area contributed by atoms with Crippen LogP contribution in [0.2, 0.25) is 5.02 Å². The number of benzene rings is 3. The lowest BCUT2D eigenvalue weighted by molar-refractivity contribution is -0.991. The molecule has 7 nitrogen and oxygen atoms in total. The molecule has 30 heavy (non-hydrogen) atoms. The summed E-state index contributed by atoms with van der Waals surface area (Å²) in [5.41, 5.74) is 1.17. The Morgan fingerprint density at radius 2 is 1.87 bits per heavy atom. The molecule has 0 amide bonds. The van der Waals surface area contributed by atoms with Crippen molar-refractivity contribution >= 4 is 35.1 Å². The smallest absolute Gasteiger partial charge is 0.343 e. The fourth-order valence-corrected chi connectivity index (χ4v) is 3.01. The summed E-state index contributed by atoms with van der Waals surface area (Å²) in [6, 6.07) is 16.9.